The van der Waals surface area contributed by atoms with E-state index >= 15 is 0 Å². The number of carbonyl (C=O) groups is 1. The van der Waals surface area contributed by atoms with Crippen LogP contribution in [0.5, 0.6) is 0 Å². The van der Waals surface area contributed by atoms with Gasteiger partial charge in [0.05, 0.1) is 5.54 Å². The Balaban J connectivity index is 1.64. The fourth-order valence-corrected chi connectivity index (χ4v) is 3.88. The quantitative estimate of drug-likeness (QED) is 0.593. The summed E-state index contributed by atoms with van der Waals surface area (Å²) in [5.74, 6) is 0.726. The van der Waals surface area contributed by atoms with Crippen LogP contribution in [0.15, 0.2) is 28.9 Å². The third-order valence-corrected chi connectivity index (χ3v) is 5.66. The van der Waals surface area contributed by atoms with Crippen molar-refractivity contribution >= 4 is 45.6 Å². The van der Waals surface area contributed by atoms with Crippen molar-refractivity contribution in [1.29, 1.82) is 0 Å². The molecule has 2 aromatic heterocycles. The van der Waals surface area contributed by atoms with E-state index in [1.807, 2.05) is 32.9 Å². The van der Waals surface area contributed by atoms with Crippen molar-refractivity contribution in [3.8, 4) is 0 Å². The molecule has 0 N–H and O–H groups in total. The van der Waals surface area contributed by atoms with E-state index in [2.05, 4.69) is 21.8 Å². The van der Waals surface area contributed by atoms with Gasteiger partial charge in [0, 0.05) is 30.5 Å². The highest BCUT2D eigenvalue weighted by molar-refractivity contribution is 6.31. The fourth-order valence-electron chi connectivity index (χ4n) is 3.71. The zero-order valence-corrected chi connectivity index (χ0v) is 18.1. The highest BCUT2D eigenvalue weighted by Crippen LogP contribution is 2.37. The van der Waals surface area contributed by atoms with Crippen LogP contribution in [0.2, 0.25) is 5.02 Å². The van der Waals surface area contributed by atoms with Gasteiger partial charge in [0.2, 0.25) is 0 Å². The maximum atomic E-state index is 12.6. The number of carbonyl (C=O) groups excluding carboxylic acids is 1. The SMILES string of the molecule is CN(C(=O)OC(C)(C)C)C1(C)CCN(c2ncnc3c2oc2ccc(Cl)cc23)C1. The molecule has 0 radical (unpaired) electrons. The molecule has 154 valence electrons. The van der Waals surface area contributed by atoms with Crippen LogP contribution < -0.4 is 4.90 Å². The average molecular weight is 417 g/mol. The first kappa shape index (κ1) is 19.8. The van der Waals surface area contributed by atoms with Crippen molar-refractivity contribution in [2.24, 2.45) is 0 Å². The molecular weight excluding hydrogens is 392 g/mol. The number of fused-ring (bicyclic) bond motifs is 3. The molecule has 1 fully saturated rings. The van der Waals surface area contributed by atoms with E-state index in [0.29, 0.717) is 17.2 Å². The largest absolute Gasteiger partial charge is 0.450 e. The van der Waals surface area contributed by atoms with Crippen LogP contribution in [-0.2, 0) is 4.74 Å². The molecule has 0 saturated carbocycles. The molecule has 8 heteroatoms. The molecule has 1 atom stereocenters. The molecule has 1 aliphatic heterocycles. The lowest BCUT2D eigenvalue weighted by atomic mass is 10.0. The predicted molar refractivity (Wildman–Crippen MR) is 114 cm³/mol. The molecule has 4 rings (SSSR count). The Morgan fingerprint density at radius 1 is 1.34 bits per heavy atom. The number of rotatable bonds is 2. The van der Waals surface area contributed by atoms with Gasteiger partial charge in [0.1, 0.15) is 23.0 Å². The number of benzene rings is 1. The average Bonchev–Trinajstić information content (AvgIpc) is 3.21. The second-order valence-corrected chi connectivity index (χ2v) is 9.26. The molecule has 1 aliphatic rings. The van der Waals surface area contributed by atoms with Crippen LogP contribution in [0.1, 0.15) is 34.1 Å². The monoisotopic (exact) mass is 416 g/mol. The number of hydrogen-bond donors (Lipinski definition) is 0. The summed E-state index contributed by atoms with van der Waals surface area (Å²) >= 11 is 6.15. The van der Waals surface area contributed by atoms with Gasteiger partial charge in [-0.1, -0.05) is 11.6 Å². The van der Waals surface area contributed by atoms with E-state index in [-0.39, 0.29) is 11.6 Å². The minimum absolute atomic E-state index is 0.326. The maximum Gasteiger partial charge on any atom is 0.410 e. The number of anilines is 1. The van der Waals surface area contributed by atoms with Crippen molar-refractivity contribution in [2.75, 3.05) is 25.0 Å². The van der Waals surface area contributed by atoms with Crippen LogP contribution in [0.25, 0.3) is 22.1 Å². The van der Waals surface area contributed by atoms with Crippen LogP contribution in [0.3, 0.4) is 0 Å². The Hall–Kier alpha value is -2.54. The fraction of sp³-hybridized carbons (Fsp3) is 0.476. The molecule has 29 heavy (non-hydrogen) atoms. The Bertz CT molecular complexity index is 1090. The summed E-state index contributed by atoms with van der Waals surface area (Å²) < 4.78 is 11.6. The topological polar surface area (TPSA) is 71.7 Å². The zero-order valence-electron chi connectivity index (χ0n) is 17.3. The minimum atomic E-state index is -0.533. The van der Waals surface area contributed by atoms with Gasteiger partial charge in [-0.2, -0.15) is 0 Å². The third kappa shape index (κ3) is 3.59. The first-order valence-electron chi connectivity index (χ1n) is 9.62. The third-order valence-electron chi connectivity index (χ3n) is 5.42. The molecule has 1 saturated heterocycles. The Kier molecular flexibility index (Phi) is 4.61. The van der Waals surface area contributed by atoms with Crippen LogP contribution >= 0.6 is 11.6 Å². The van der Waals surface area contributed by atoms with Crippen molar-refractivity contribution in [2.45, 2.75) is 45.3 Å². The lowest BCUT2D eigenvalue weighted by Crippen LogP contribution is -2.50. The van der Waals surface area contributed by atoms with E-state index in [1.54, 1.807) is 24.3 Å². The summed E-state index contributed by atoms with van der Waals surface area (Å²) in [7, 11) is 1.79. The van der Waals surface area contributed by atoms with Crippen molar-refractivity contribution in [3.05, 3.63) is 29.5 Å². The lowest BCUT2D eigenvalue weighted by molar-refractivity contribution is 0.0116. The number of nitrogens with zero attached hydrogens (tertiary/aromatic N) is 4. The Morgan fingerprint density at radius 2 is 2.10 bits per heavy atom. The van der Waals surface area contributed by atoms with Gasteiger partial charge >= 0.3 is 6.09 Å². The number of halogens is 1. The van der Waals surface area contributed by atoms with E-state index in [0.717, 1.165) is 35.3 Å². The highest BCUT2D eigenvalue weighted by Gasteiger charge is 2.42. The van der Waals surface area contributed by atoms with Crippen LogP contribution in [-0.4, -0.2) is 52.2 Å². The lowest BCUT2D eigenvalue weighted by Gasteiger charge is -2.36. The standard InChI is InChI=1S/C21H25ClN4O3/c1-20(2,3)29-19(27)25(5)21(4)8-9-26(11-21)18-17-16(23-12-24-18)14-10-13(22)6-7-15(14)28-17/h6-7,10,12H,8-9,11H2,1-5H3. The summed E-state index contributed by atoms with van der Waals surface area (Å²) in [6, 6.07) is 5.49. The normalized spacial score (nSPS) is 19.9. The van der Waals surface area contributed by atoms with E-state index in [9.17, 15) is 4.79 Å². The number of likely N-dealkylation sites (N-methyl/N-ethyl adjacent to an activating group) is 1. The predicted octanol–water partition coefficient (Wildman–Crippen LogP) is 4.87. The van der Waals surface area contributed by atoms with E-state index < -0.39 is 5.60 Å². The zero-order chi connectivity index (χ0) is 21.0. The van der Waals surface area contributed by atoms with Gasteiger partial charge in [-0.15, -0.1) is 0 Å². The molecule has 1 amide bonds. The second kappa shape index (κ2) is 6.76. The number of ether oxygens (including phenoxy) is 1. The number of hydrogen-bond acceptors (Lipinski definition) is 6. The van der Waals surface area contributed by atoms with Crippen LogP contribution in [0, 0.1) is 0 Å². The van der Waals surface area contributed by atoms with Crippen molar-refractivity contribution in [3.63, 3.8) is 0 Å². The molecule has 1 unspecified atom stereocenters. The second-order valence-electron chi connectivity index (χ2n) is 8.83. The summed E-state index contributed by atoms with van der Waals surface area (Å²) in [5, 5.41) is 1.50. The molecule has 0 bridgehead atoms. The number of aromatic nitrogens is 2. The molecule has 3 heterocycles. The highest BCUT2D eigenvalue weighted by atomic mass is 35.5. The van der Waals surface area contributed by atoms with Gasteiger partial charge in [-0.05, 0) is 52.3 Å². The molecule has 0 aliphatic carbocycles. The summed E-state index contributed by atoms with van der Waals surface area (Å²) in [5.41, 5.74) is 1.18. The molecule has 1 aromatic carbocycles. The number of furan rings is 1. The molecule has 0 spiro atoms. The van der Waals surface area contributed by atoms with Crippen LogP contribution in [0.4, 0.5) is 10.6 Å². The van der Waals surface area contributed by atoms with E-state index in [1.165, 1.54) is 0 Å². The summed E-state index contributed by atoms with van der Waals surface area (Å²) in [4.78, 5) is 25.3. The van der Waals surface area contributed by atoms with E-state index in [4.69, 9.17) is 20.8 Å². The summed E-state index contributed by atoms with van der Waals surface area (Å²) in [6.07, 6.45) is 2.01. The van der Waals surface area contributed by atoms with Crippen molar-refractivity contribution in [1.82, 2.24) is 14.9 Å². The number of amides is 1. The van der Waals surface area contributed by atoms with Gasteiger partial charge < -0.3 is 19.0 Å². The van der Waals surface area contributed by atoms with Gasteiger partial charge in [0.25, 0.3) is 0 Å². The first-order chi connectivity index (χ1) is 13.6. The Morgan fingerprint density at radius 3 is 2.83 bits per heavy atom. The smallest absolute Gasteiger partial charge is 0.410 e. The van der Waals surface area contributed by atoms with Gasteiger partial charge in [0.15, 0.2) is 11.4 Å². The van der Waals surface area contributed by atoms with Crippen molar-refractivity contribution < 1.29 is 13.9 Å². The maximum absolute atomic E-state index is 12.6. The molecule has 7 nitrogen and oxygen atoms in total. The Labute approximate surface area is 174 Å². The first-order valence-corrected chi connectivity index (χ1v) is 10.00. The molecular formula is C21H25ClN4O3. The minimum Gasteiger partial charge on any atom is -0.450 e. The van der Waals surface area contributed by atoms with Gasteiger partial charge in [-0.25, -0.2) is 14.8 Å². The van der Waals surface area contributed by atoms with Gasteiger partial charge in [-0.3, -0.25) is 0 Å². The summed E-state index contributed by atoms with van der Waals surface area (Å²) in [6.45, 7) is 9.03. The molecule has 3 aromatic rings.